The molecule has 1 N–H and O–H groups in total. The van der Waals surface area contributed by atoms with Crippen LogP contribution in [0.5, 0.6) is 0 Å². The fourth-order valence-corrected chi connectivity index (χ4v) is 7.84. The lowest BCUT2D eigenvalue weighted by molar-refractivity contribution is -0.134. The van der Waals surface area contributed by atoms with Gasteiger partial charge in [-0.3, -0.25) is 9.62 Å². The number of aromatic nitrogens is 1. The van der Waals surface area contributed by atoms with Crippen molar-refractivity contribution < 1.29 is 17.9 Å². The molecule has 4 heterocycles. The molecule has 0 radical (unpaired) electrons. The zero-order valence-corrected chi connectivity index (χ0v) is 22.4. The van der Waals surface area contributed by atoms with Crippen molar-refractivity contribution in [2.45, 2.75) is 56.9 Å². The summed E-state index contributed by atoms with van der Waals surface area (Å²) < 4.78 is 36.8. The van der Waals surface area contributed by atoms with E-state index in [9.17, 15) is 13.2 Å². The van der Waals surface area contributed by atoms with Crippen LogP contribution in [0.1, 0.15) is 56.0 Å². The summed E-state index contributed by atoms with van der Waals surface area (Å²) in [6.07, 6.45) is 6.90. The first-order valence-corrected chi connectivity index (χ1v) is 14.6. The highest BCUT2D eigenvalue weighted by Gasteiger charge is 2.51. The van der Waals surface area contributed by atoms with Crippen LogP contribution in [-0.2, 0) is 32.4 Å². The van der Waals surface area contributed by atoms with Crippen LogP contribution in [0.4, 0.5) is 5.69 Å². The van der Waals surface area contributed by atoms with E-state index in [1.54, 1.807) is 24.3 Å². The summed E-state index contributed by atoms with van der Waals surface area (Å²) in [5.74, 6) is -0.359. The maximum absolute atomic E-state index is 13.4. The smallest absolute Gasteiger partial charge is 0.354 e. The SMILES string of the molecule is CCc1ccc(NS(=O)(=O)c2ccc3c(c2)c2c4n3C(C(=O)OC)=C[C@]3(CC)CCCN(CC2)[C@H]43)cc1. The van der Waals surface area contributed by atoms with Crippen molar-refractivity contribution in [1.82, 2.24) is 9.47 Å². The molecule has 1 saturated heterocycles. The number of ether oxygens (including phenoxy) is 1. The van der Waals surface area contributed by atoms with Gasteiger partial charge in [-0.2, -0.15) is 0 Å². The zero-order chi connectivity index (χ0) is 25.9. The lowest BCUT2D eigenvalue weighted by Gasteiger charge is -2.53. The minimum Gasteiger partial charge on any atom is -0.464 e. The Morgan fingerprint density at radius 2 is 1.92 bits per heavy atom. The zero-order valence-electron chi connectivity index (χ0n) is 21.6. The topological polar surface area (TPSA) is 80.6 Å². The van der Waals surface area contributed by atoms with Crippen molar-refractivity contribution in [3.05, 3.63) is 65.4 Å². The fourth-order valence-electron chi connectivity index (χ4n) is 6.75. The minimum atomic E-state index is -3.79. The van der Waals surface area contributed by atoms with Crippen molar-refractivity contribution in [3.8, 4) is 0 Å². The summed E-state index contributed by atoms with van der Waals surface area (Å²) in [5, 5.41) is 0.895. The van der Waals surface area contributed by atoms with E-state index in [0.717, 1.165) is 72.9 Å². The van der Waals surface area contributed by atoms with Gasteiger partial charge < -0.3 is 9.30 Å². The number of fused-ring (bicyclic) bond motifs is 3. The Balaban J connectivity index is 1.51. The normalized spacial score (nSPS) is 22.9. The second kappa shape index (κ2) is 8.74. The highest BCUT2D eigenvalue weighted by molar-refractivity contribution is 7.92. The number of anilines is 1. The molecular weight excluding hydrogens is 486 g/mol. The third kappa shape index (κ3) is 3.64. The first-order chi connectivity index (χ1) is 17.8. The van der Waals surface area contributed by atoms with Gasteiger partial charge in [-0.25, -0.2) is 13.2 Å². The van der Waals surface area contributed by atoms with Gasteiger partial charge in [0.25, 0.3) is 10.0 Å². The number of hydrogen-bond donors (Lipinski definition) is 1. The summed E-state index contributed by atoms with van der Waals surface area (Å²) in [4.78, 5) is 15.8. The van der Waals surface area contributed by atoms with Gasteiger partial charge >= 0.3 is 5.97 Å². The number of nitrogens with one attached hydrogen (secondary N) is 1. The average molecular weight is 520 g/mol. The van der Waals surface area contributed by atoms with Crippen LogP contribution < -0.4 is 4.72 Å². The van der Waals surface area contributed by atoms with Gasteiger partial charge in [0.05, 0.1) is 23.6 Å². The lowest BCUT2D eigenvalue weighted by atomic mass is 9.66. The van der Waals surface area contributed by atoms with E-state index in [1.807, 2.05) is 22.8 Å². The van der Waals surface area contributed by atoms with E-state index in [0.29, 0.717) is 11.4 Å². The van der Waals surface area contributed by atoms with Gasteiger partial charge in [0.15, 0.2) is 0 Å². The van der Waals surface area contributed by atoms with Crippen LogP contribution in [0.15, 0.2) is 53.4 Å². The molecule has 8 heteroatoms. The molecule has 6 rings (SSSR count). The standard InChI is InChI=1S/C29H33N3O4S/c1-4-19-7-9-20(10-8-19)30-37(34,35)21-11-12-24-23(17-21)22-13-16-31-15-6-14-29(5-2)18-25(28(33)36-3)32(24)26(22)27(29)31/h7-12,17-18,27,30H,4-6,13-16H2,1-3H3/t27-,29+/m1/s1. The van der Waals surface area contributed by atoms with Crippen molar-refractivity contribution in [1.29, 1.82) is 0 Å². The van der Waals surface area contributed by atoms with E-state index in [4.69, 9.17) is 4.74 Å². The summed E-state index contributed by atoms with van der Waals surface area (Å²) in [7, 11) is -2.37. The maximum atomic E-state index is 13.4. The monoisotopic (exact) mass is 519 g/mol. The first kappa shape index (κ1) is 24.2. The molecule has 3 aliphatic rings. The van der Waals surface area contributed by atoms with Crippen molar-refractivity contribution in [3.63, 3.8) is 0 Å². The van der Waals surface area contributed by atoms with Gasteiger partial charge in [0, 0.05) is 28.7 Å². The highest BCUT2D eigenvalue weighted by Crippen LogP contribution is 2.57. The number of hydrogen-bond acceptors (Lipinski definition) is 5. The number of carbonyl (C=O) groups is 1. The number of benzene rings is 2. The number of nitrogens with zero attached hydrogens (tertiary/aromatic N) is 2. The number of methoxy groups -OCH3 is 1. The number of sulfonamides is 1. The second-order valence-corrected chi connectivity index (χ2v) is 12.1. The van der Waals surface area contributed by atoms with Crippen LogP contribution in [0, 0.1) is 5.41 Å². The quantitative estimate of drug-likeness (QED) is 0.457. The molecule has 2 aromatic carbocycles. The molecule has 7 nitrogen and oxygen atoms in total. The van der Waals surface area contributed by atoms with E-state index in [1.165, 1.54) is 7.11 Å². The second-order valence-electron chi connectivity index (χ2n) is 10.4. The molecule has 1 aromatic heterocycles. The van der Waals surface area contributed by atoms with Crippen LogP contribution >= 0.6 is 0 Å². The molecule has 3 aromatic rings. The number of esters is 1. The number of aryl methyl sites for hydroxylation is 1. The molecule has 37 heavy (non-hydrogen) atoms. The largest absolute Gasteiger partial charge is 0.464 e. The molecular formula is C29H33N3O4S. The minimum absolute atomic E-state index is 0.136. The highest BCUT2D eigenvalue weighted by atomic mass is 32.2. The van der Waals surface area contributed by atoms with Gasteiger partial charge in [0.1, 0.15) is 5.70 Å². The van der Waals surface area contributed by atoms with Crippen molar-refractivity contribution in [2.24, 2.45) is 5.41 Å². The van der Waals surface area contributed by atoms with Gasteiger partial charge in [-0.05, 0) is 86.2 Å². The molecule has 2 atom stereocenters. The van der Waals surface area contributed by atoms with E-state index >= 15 is 0 Å². The Morgan fingerprint density at radius 1 is 1.14 bits per heavy atom. The summed E-state index contributed by atoms with van der Waals surface area (Å²) in [6.45, 7) is 6.23. The first-order valence-electron chi connectivity index (χ1n) is 13.2. The number of rotatable bonds is 6. The molecule has 0 aliphatic carbocycles. The van der Waals surface area contributed by atoms with Crippen molar-refractivity contribution in [2.75, 3.05) is 24.9 Å². The van der Waals surface area contributed by atoms with Crippen molar-refractivity contribution >= 4 is 38.3 Å². The number of piperidine rings is 1. The van der Waals surface area contributed by atoms with Gasteiger partial charge in [0.2, 0.25) is 0 Å². The average Bonchev–Trinajstić information content (AvgIpc) is 3.26. The molecule has 0 bridgehead atoms. The third-order valence-corrected chi connectivity index (χ3v) is 10.0. The Labute approximate surface area is 218 Å². The summed E-state index contributed by atoms with van der Waals surface area (Å²) >= 11 is 0. The van der Waals surface area contributed by atoms with Crippen LogP contribution in [0.25, 0.3) is 16.6 Å². The molecule has 1 fully saturated rings. The molecule has 0 spiro atoms. The molecule has 194 valence electrons. The van der Waals surface area contributed by atoms with E-state index in [2.05, 4.69) is 29.5 Å². The van der Waals surface area contributed by atoms with Crippen LogP contribution in [-0.4, -0.2) is 44.1 Å². The summed E-state index contributed by atoms with van der Waals surface area (Å²) in [5.41, 5.74) is 5.22. The molecule has 3 aliphatic heterocycles. The van der Waals surface area contributed by atoms with Gasteiger partial charge in [-0.15, -0.1) is 0 Å². The Kier molecular flexibility index (Phi) is 5.73. The molecule has 0 unspecified atom stereocenters. The lowest BCUT2D eigenvalue weighted by Crippen LogP contribution is -2.51. The maximum Gasteiger partial charge on any atom is 0.354 e. The van der Waals surface area contributed by atoms with E-state index in [-0.39, 0.29) is 22.3 Å². The predicted octanol–water partition coefficient (Wildman–Crippen LogP) is 5.12. The molecule has 0 saturated carbocycles. The summed E-state index contributed by atoms with van der Waals surface area (Å²) in [6, 6.07) is 12.9. The Bertz CT molecular complexity index is 1540. The van der Waals surface area contributed by atoms with E-state index < -0.39 is 10.0 Å². The Morgan fingerprint density at radius 3 is 2.62 bits per heavy atom. The van der Waals surface area contributed by atoms with Crippen LogP contribution in [0.3, 0.4) is 0 Å². The Hall–Kier alpha value is -3.10. The predicted molar refractivity (Wildman–Crippen MR) is 145 cm³/mol. The van der Waals surface area contributed by atoms with Crippen LogP contribution in [0.2, 0.25) is 0 Å². The fraction of sp³-hybridized carbons (Fsp3) is 0.414. The van der Waals surface area contributed by atoms with Gasteiger partial charge in [-0.1, -0.05) is 26.0 Å². The number of carbonyl (C=O) groups excluding carboxylic acids is 1. The third-order valence-electron chi connectivity index (χ3n) is 8.63. The molecule has 0 amide bonds.